The average Bonchev–Trinajstić information content (AvgIpc) is 3.07. The van der Waals surface area contributed by atoms with Gasteiger partial charge in [-0.2, -0.15) is 0 Å². The van der Waals surface area contributed by atoms with Gasteiger partial charge in [0.15, 0.2) is 23.4 Å². The zero-order chi connectivity index (χ0) is 20.0. The molecular formula is C20H22ClNO4S. The summed E-state index contributed by atoms with van der Waals surface area (Å²) in [5.74, 6) is 0.745. The van der Waals surface area contributed by atoms with Crippen molar-refractivity contribution in [3.05, 3.63) is 51.2 Å². The van der Waals surface area contributed by atoms with Crippen LogP contribution in [0.2, 0.25) is 4.34 Å². The van der Waals surface area contributed by atoms with Crippen molar-refractivity contribution in [3.8, 4) is 11.5 Å². The number of thiophene rings is 1. The molecule has 2 rings (SSSR count). The molecule has 7 heteroatoms. The number of carbonyl (C=O) groups is 2. The van der Waals surface area contributed by atoms with Crippen molar-refractivity contribution in [2.45, 2.75) is 20.0 Å². The second kappa shape index (κ2) is 9.58. The summed E-state index contributed by atoms with van der Waals surface area (Å²) in [6.07, 6.45) is 2.56. The Bertz CT molecular complexity index is 844. The van der Waals surface area contributed by atoms with Crippen LogP contribution in [-0.4, -0.2) is 43.4 Å². The Morgan fingerprint density at radius 2 is 1.96 bits per heavy atom. The maximum atomic E-state index is 12.2. The van der Waals surface area contributed by atoms with E-state index in [-0.39, 0.29) is 11.7 Å². The molecule has 0 spiro atoms. The van der Waals surface area contributed by atoms with Crippen LogP contribution in [0.3, 0.4) is 0 Å². The largest absolute Gasteiger partial charge is 0.490 e. The molecule has 0 bridgehead atoms. The second-order valence-corrected chi connectivity index (χ2v) is 7.65. The average molecular weight is 408 g/mol. The van der Waals surface area contributed by atoms with E-state index in [0.717, 1.165) is 5.56 Å². The Kier molecular flexibility index (Phi) is 7.45. The minimum atomic E-state index is -0.634. The van der Waals surface area contributed by atoms with E-state index < -0.39 is 6.10 Å². The van der Waals surface area contributed by atoms with Gasteiger partial charge in [0.05, 0.1) is 15.8 Å². The van der Waals surface area contributed by atoms with Crippen LogP contribution in [0.1, 0.15) is 29.1 Å². The van der Waals surface area contributed by atoms with E-state index in [1.807, 2.05) is 6.92 Å². The first kappa shape index (κ1) is 21.0. The fourth-order valence-corrected chi connectivity index (χ4v) is 3.26. The monoisotopic (exact) mass is 407 g/mol. The van der Waals surface area contributed by atoms with Crippen LogP contribution in [0, 0.1) is 0 Å². The van der Waals surface area contributed by atoms with Gasteiger partial charge in [0.25, 0.3) is 5.91 Å². The van der Waals surface area contributed by atoms with Crippen molar-refractivity contribution in [1.82, 2.24) is 4.90 Å². The summed E-state index contributed by atoms with van der Waals surface area (Å²) in [5, 5.41) is 0. The van der Waals surface area contributed by atoms with Gasteiger partial charge in [0.2, 0.25) is 0 Å². The third-order valence-corrected chi connectivity index (χ3v) is 4.85. The molecule has 1 aromatic carbocycles. The van der Waals surface area contributed by atoms with Gasteiger partial charge in [-0.1, -0.05) is 23.7 Å². The third kappa shape index (κ3) is 5.84. The predicted molar refractivity (Wildman–Crippen MR) is 109 cm³/mol. The first-order chi connectivity index (χ1) is 12.8. The molecule has 0 aliphatic carbocycles. The van der Waals surface area contributed by atoms with Gasteiger partial charge in [0.1, 0.15) is 0 Å². The molecule has 1 aromatic heterocycles. The van der Waals surface area contributed by atoms with E-state index in [1.165, 1.54) is 22.3 Å². The Morgan fingerprint density at radius 1 is 1.22 bits per heavy atom. The van der Waals surface area contributed by atoms with E-state index in [0.29, 0.717) is 27.3 Å². The fourth-order valence-electron chi connectivity index (χ4n) is 2.30. The van der Waals surface area contributed by atoms with Crippen molar-refractivity contribution in [2.24, 2.45) is 0 Å². The minimum absolute atomic E-state index is 0.115. The van der Waals surface area contributed by atoms with Gasteiger partial charge in [-0.25, -0.2) is 0 Å². The first-order valence-corrected chi connectivity index (χ1v) is 9.63. The maximum absolute atomic E-state index is 12.2. The number of nitrogens with zero attached hydrogens (tertiary/aromatic N) is 1. The quantitative estimate of drug-likeness (QED) is 0.475. The van der Waals surface area contributed by atoms with Crippen LogP contribution in [0.4, 0.5) is 0 Å². The van der Waals surface area contributed by atoms with Gasteiger partial charge >= 0.3 is 0 Å². The number of allylic oxidation sites excluding steroid dienone is 1. The number of carbonyl (C=O) groups excluding carboxylic acids is 2. The highest BCUT2D eigenvalue weighted by molar-refractivity contribution is 7.18. The first-order valence-electron chi connectivity index (χ1n) is 8.44. The summed E-state index contributed by atoms with van der Waals surface area (Å²) in [6, 6.07) is 8.71. The molecule has 0 saturated carbocycles. The fraction of sp³-hybridized carbons (Fsp3) is 0.300. The summed E-state index contributed by atoms with van der Waals surface area (Å²) < 4.78 is 12.0. The molecule has 1 atom stereocenters. The Morgan fingerprint density at radius 3 is 2.56 bits per heavy atom. The van der Waals surface area contributed by atoms with Crippen LogP contribution >= 0.6 is 22.9 Å². The van der Waals surface area contributed by atoms with Gasteiger partial charge in [-0.05, 0) is 49.8 Å². The number of likely N-dealkylation sites (N-methyl/N-ethyl adjacent to an activating group) is 1. The summed E-state index contributed by atoms with van der Waals surface area (Å²) in [5.41, 5.74) is 0.786. The van der Waals surface area contributed by atoms with Crippen LogP contribution < -0.4 is 9.47 Å². The second-order valence-electron chi connectivity index (χ2n) is 5.93. The van der Waals surface area contributed by atoms with E-state index >= 15 is 0 Å². The number of rotatable bonds is 8. The maximum Gasteiger partial charge on any atom is 0.262 e. The molecule has 0 saturated heterocycles. The number of amides is 1. The highest BCUT2D eigenvalue weighted by Gasteiger charge is 2.18. The Balaban J connectivity index is 2.17. The number of ether oxygens (including phenoxy) is 2. The predicted octanol–water partition coefficient (Wildman–Crippen LogP) is 4.55. The molecular weight excluding hydrogens is 386 g/mol. The van der Waals surface area contributed by atoms with E-state index in [2.05, 4.69) is 0 Å². The molecule has 27 heavy (non-hydrogen) atoms. The van der Waals surface area contributed by atoms with Gasteiger partial charge < -0.3 is 14.4 Å². The van der Waals surface area contributed by atoms with Gasteiger partial charge in [-0.3, -0.25) is 9.59 Å². The molecule has 0 N–H and O–H groups in total. The summed E-state index contributed by atoms with van der Waals surface area (Å²) >= 11 is 7.10. The lowest BCUT2D eigenvalue weighted by atomic mass is 10.1. The summed E-state index contributed by atoms with van der Waals surface area (Å²) in [4.78, 5) is 26.2. The molecule has 0 radical (unpaired) electrons. The number of halogens is 1. The zero-order valence-electron chi connectivity index (χ0n) is 15.7. The number of hydrogen-bond donors (Lipinski definition) is 0. The van der Waals surface area contributed by atoms with Crippen LogP contribution in [0.25, 0.3) is 6.08 Å². The lowest BCUT2D eigenvalue weighted by Crippen LogP contribution is -2.35. The Hall–Kier alpha value is -2.31. The molecule has 1 amide bonds. The number of benzene rings is 1. The SMILES string of the molecule is CCOc1cc(/C=C/C(=O)c2ccc(Cl)s2)ccc1O[C@H](C)C(=O)N(C)C. The van der Waals surface area contributed by atoms with Crippen LogP contribution in [-0.2, 0) is 4.79 Å². The number of hydrogen-bond acceptors (Lipinski definition) is 5. The molecule has 0 aliphatic heterocycles. The minimum Gasteiger partial charge on any atom is -0.490 e. The summed E-state index contributed by atoms with van der Waals surface area (Å²) in [6.45, 7) is 4.01. The standard InChI is InChI=1S/C20H22ClNO4S/c1-5-25-17-12-14(6-8-15(23)18-10-11-19(21)27-18)7-9-16(17)26-13(2)20(24)22(3)4/h6-13H,5H2,1-4H3/b8-6+/t13-/m1/s1. The molecule has 1 heterocycles. The lowest BCUT2D eigenvalue weighted by Gasteiger charge is -2.20. The molecule has 0 aliphatic rings. The lowest BCUT2D eigenvalue weighted by molar-refractivity contribution is -0.135. The van der Waals surface area contributed by atoms with Crippen molar-refractivity contribution in [2.75, 3.05) is 20.7 Å². The van der Waals surface area contributed by atoms with Crippen molar-refractivity contribution < 1.29 is 19.1 Å². The highest BCUT2D eigenvalue weighted by atomic mass is 35.5. The number of ketones is 1. The molecule has 144 valence electrons. The van der Waals surface area contributed by atoms with Gasteiger partial charge in [0, 0.05) is 14.1 Å². The summed E-state index contributed by atoms with van der Waals surface area (Å²) in [7, 11) is 3.36. The van der Waals surface area contributed by atoms with E-state index in [4.69, 9.17) is 21.1 Å². The molecule has 5 nitrogen and oxygen atoms in total. The van der Waals surface area contributed by atoms with E-state index in [1.54, 1.807) is 57.4 Å². The van der Waals surface area contributed by atoms with E-state index in [9.17, 15) is 9.59 Å². The third-order valence-electron chi connectivity index (χ3n) is 3.60. The molecule has 2 aromatic rings. The van der Waals surface area contributed by atoms with Crippen molar-refractivity contribution in [1.29, 1.82) is 0 Å². The molecule has 0 unspecified atom stereocenters. The van der Waals surface area contributed by atoms with Gasteiger partial charge in [-0.15, -0.1) is 11.3 Å². The van der Waals surface area contributed by atoms with Crippen LogP contribution in [0.5, 0.6) is 11.5 Å². The van der Waals surface area contributed by atoms with Crippen molar-refractivity contribution >= 4 is 40.7 Å². The molecule has 0 fully saturated rings. The smallest absolute Gasteiger partial charge is 0.262 e. The van der Waals surface area contributed by atoms with Crippen molar-refractivity contribution in [3.63, 3.8) is 0 Å². The highest BCUT2D eigenvalue weighted by Crippen LogP contribution is 2.30. The zero-order valence-corrected chi connectivity index (χ0v) is 17.3. The normalized spacial score (nSPS) is 12.0. The Labute approximate surface area is 168 Å². The topological polar surface area (TPSA) is 55.8 Å². The van der Waals surface area contributed by atoms with Crippen LogP contribution in [0.15, 0.2) is 36.4 Å².